The number of benzene rings is 2. The normalized spacial score (nSPS) is 10.5. The third-order valence-corrected chi connectivity index (χ3v) is 4.91. The fourth-order valence-electron chi connectivity index (χ4n) is 2.52. The predicted octanol–water partition coefficient (Wildman–Crippen LogP) is 4.78. The molecule has 0 radical (unpaired) electrons. The summed E-state index contributed by atoms with van der Waals surface area (Å²) in [5.74, 6) is 1.69. The number of hydrogen-bond donors (Lipinski definition) is 1. The number of nitrogens with one attached hydrogen (secondary N) is 1. The Morgan fingerprint density at radius 1 is 1.12 bits per heavy atom. The van der Waals surface area contributed by atoms with Crippen LogP contribution in [-0.4, -0.2) is 24.1 Å². The van der Waals surface area contributed by atoms with Crippen LogP contribution in [0.15, 0.2) is 36.4 Å². The SMILES string of the molecule is CCOc1ccc(C(C)=O)cc1CSCC(=O)Nc1cc(C)ccc1C. The summed E-state index contributed by atoms with van der Waals surface area (Å²) in [5, 5.41) is 2.96. The second-order valence-electron chi connectivity index (χ2n) is 6.17. The van der Waals surface area contributed by atoms with Crippen molar-refractivity contribution in [3.8, 4) is 5.75 Å². The molecule has 0 fully saturated rings. The number of Topliss-reactive ketones (excluding diaryl/α,β-unsaturated/α-hetero) is 1. The molecule has 0 unspecified atom stereocenters. The molecule has 26 heavy (non-hydrogen) atoms. The lowest BCUT2D eigenvalue weighted by Crippen LogP contribution is -2.15. The number of aryl methyl sites for hydroxylation is 2. The van der Waals surface area contributed by atoms with Crippen LogP contribution in [0.5, 0.6) is 5.75 Å². The van der Waals surface area contributed by atoms with Crippen molar-refractivity contribution < 1.29 is 14.3 Å². The topological polar surface area (TPSA) is 55.4 Å². The molecule has 0 aliphatic rings. The van der Waals surface area contributed by atoms with Gasteiger partial charge < -0.3 is 10.1 Å². The Bertz CT molecular complexity index is 802. The van der Waals surface area contributed by atoms with Crippen molar-refractivity contribution >= 4 is 29.1 Å². The highest BCUT2D eigenvalue weighted by Gasteiger charge is 2.10. The van der Waals surface area contributed by atoms with Crippen molar-refractivity contribution in [2.75, 3.05) is 17.7 Å². The third-order valence-electron chi connectivity index (χ3n) is 3.92. The molecule has 2 aromatic rings. The molecule has 0 aromatic heterocycles. The summed E-state index contributed by atoms with van der Waals surface area (Å²) in [5.41, 5.74) is 4.60. The van der Waals surface area contributed by atoms with Crippen LogP contribution in [0.3, 0.4) is 0 Å². The van der Waals surface area contributed by atoms with E-state index in [0.717, 1.165) is 28.1 Å². The highest BCUT2D eigenvalue weighted by Crippen LogP contribution is 2.25. The first-order valence-electron chi connectivity index (χ1n) is 8.62. The number of carbonyl (C=O) groups excluding carboxylic acids is 2. The van der Waals surface area contributed by atoms with Crippen molar-refractivity contribution in [2.24, 2.45) is 0 Å². The van der Waals surface area contributed by atoms with Gasteiger partial charge in [-0.25, -0.2) is 0 Å². The zero-order valence-electron chi connectivity index (χ0n) is 15.7. The number of hydrogen-bond acceptors (Lipinski definition) is 4. The second-order valence-corrected chi connectivity index (χ2v) is 7.16. The van der Waals surface area contributed by atoms with Crippen LogP contribution in [0.25, 0.3) is 0 Å². The highest BCUT2D eigenvalue weighted by atomic mass is 32.2. The number of rotatable bonds is 8. The van der Waals surface area contributed by atoms with E-state index in [-0.39, 0.29) is 11.7 Å². The molecule has 4 nitrogen and oxygen atoms in total. The predicted molar refractivity (Wildman–Crippen MR) is 108 cm³/mol. The van der Waals surface area contributed by atoms with E-state index in [1.165, 1.54) is 11.8 Å². The average Bonchev–Trinajstić information content (AvgIpc) is 2.59. The zero-order valence-corrected chi connectivity index (χ0v) is 16.5. The fourth-order valence-corrected chi connectivity index (χ4v) is 3.32. The van der Waals surface area contributed by atoms with Gasteiger partial charge in [0.25, 0.3) is 0 Å². The Morgan fingerprint density at radius 2 is 1.88 bits per heavy atom. The van der Waals surface area contributed by atoms with Crippen LogP contribution >= 0.6 is 11.8 Å². The highest BCUT2D eigenvalue weighted by molar-refractivity contribution is 7.99. The van der Waals surface area contributed by atoms with E-state index in [0.29, 0.717) is 23.7 Å². The molecule has 0 aliphatic carbocycles. The molecule has 0 spiro atoms. The Hall–Kier alpha value is -2.27. The maximum Gasteiger partial charge on any atom is 0.234 e. The van der Waals surface area contributed by atoms with Crippen molar-refractivity contribution in [1.82, 2.24) is 0 Å². The summed E-state index contributed by atoms with van der Waals surface area (Å²) in [4.78, 5) is 23.8. The summed E-state index contributed by atoms with van der Waals surface area (Å²) in [6.07, 6.45) is 0. The molecule has 0 aliphatic heterocycles. The van der Waals surface area contributed by atoms with Crippen molar-refractivity contribution in [3.05, 3.63) is 58.7 Å². The van der Waals surface area contributed by atoms with E-state index < -0.39 is 0 Å². The van der Waals surface area contributed by atoms with Crippen molar-refractivity contribution in [3.63, 3.8) is 0 Å². The molecule has 0 atom stereocenters. The van der Waals surface area contributed by atoms with Gasteiger partial charge in [0.15, 0.2) is 5.78 Å². The first-order chi connectivity index (χ1) is 12.4. The van der Waals surface area contributed by atoms with Crippen molar-refractivity contribution in [1.29, 1.82) is 0 Å². The summed E-state index contributed by atoms with van der Waals surface area (Å²) in [6.45, 7) is 8.01. The summed E-state index contributed by atoms with van der Waals surface area (Å²) < 4.78 is 5.63. The maximum absolute atomic E-state index is 12.2. The molecule has 1 amide bonds. The lowest BCUT2D eigenvalue weighted by Gasteiger charge is -2.12. The lowest BCUT2D eigenvalue weighted by atomic mass is 10.1. The minimum absolute atomic E-state index is 0.0203. The first-order valence-corrected chi connectivity index (χ1v) is 9.77. The van der Waals surface area contributed by atoms with Gasteiger partial charge in [-0.2, -0.15) is 0 Å². The quantitative estimate of drug-likeness (QED) is 0.679. The van der Waals surface area contributed by atoms with Gasteiger partial charge >= 0.3 is 0 Å². The summed E-state index contributed by atoms with van der Waals surface area (Å²) >= 11 is 1.50. The Morgan fingerprint density at radius 3 is 2.58 bits per heavy atom. The largest absolute Gasteiger partial charge is 0.494 e. The summed E-state index contributed by atoms with van der Waals surface area (Å²) in [7, 11) is 0. The molecular formula is C21H25NO3S. The van der Waals surface area contributed by atoms with Crippen LogP contribution in [-0.2, 0) is 10.5 Å². The third kappa shape index (κ3) is 5.63. The molecular weight excluding hydrogens is 346 g/mol. The smallest absolute Gasteiger partial charge is 0.234 e. The zero-order chi connectivity index (χ0) is 19.1. The van der Waals surface area contributed by atoms with Gasteiger partial charge in [0, 0.05) is 22.6 Å². The summed E-state index contributed by atoms with van der Waals surface area (Å²) in [6, 6.07) is 11.4. The van der Waals surface area contributed by atoms with Gasteiger partial charge in [-0.15, -0.1) is 11.8 Å². The number of ether oxygens (including phenoxy) is 1. The fraction of sp³-hybridized carbons (Fsp3) is 0.333. The number of ketones is 1. The van der Waals surface area contributed by atoms with Gasteiger partial charge in [0.05, 0.1) is 12.4 Å². The van der Waals surface area contributed by atoms with E-state index >= 15 is 0 Å². The maximum atomic E-state index is 12.2. The monoisotopic (exact) mass is 371 g/mol. The minimum Gasteiger partial charge on any atom is -0.494 e. The number of amides is 1. The van der Waals surface area contributed by atoms with Crippen LogP contribution < -0.4 is 10.1 Å². The molecule has 1 N–H and O–H groups in total. The van der Waals surface area contributed by atoms with Gasteiger partial charge in [-0.3, -0.25) is 9.59 Å². The molecule has 0 heterocycles. The van der Waals surface area contributed by atoms with Gasteiger partial charge in [-0.1, -0.05) is 12.1 Å². The molecule has 2 aromatic carbocycles. The second kappa shape index (κ2) is 9.43. The van der Waals surface area contributed by atoms with Gasteiger partial charge in [0.1, 0.15) is 5.75 Å². The lowest BCUT2D eigenvalue weighted by molar-refractivity contribution is -0.113. The van der Waals surface area contributed by atoms with E-state index in [1.807, 2.05) is 51.1 Å². The minimum atomic E-state index is -0.0376. The van der Waals surface area contributed by atoms with E-state index in [2.05, 4.69) is 5.32 Å². The molecule has 138 valence electrons. The number of anilines is 1. The molecule has 2 rings (SSSR count). The van der Waals surface area contributed by atoms with Crippen molar-refractivity contribution in [2.45, 2.75) is 33.4 Å². The molecule has 0 bridgehead atoms. The molecule has 5 heteroatoms. The molecule has 0 saturated carbocycles. The first kappa shape index (κ1) is 20.0. The van der Waals surface area contributed by atoms with Gasteiger partial charge in [-0.05, 0) is 63.1 Å². The van der Waals surface area contributed by atoms with Gasteiger partial charge in [0.2, 0.25) is 5.91 Å². The number of carbonyl (C=O) groups is 2. The van der Waals surface area contributed by atoms with E-state index in [9.17, 15) is 9.59 Å². The van der Waals surface area contributed by atoms with E-state index in [4.69, 9.17) is 4.74 Å². The van der Waals surface area contributed by atoms with Crippen LogP contribution in [0, 0.1) is 13.8 Å². The van der Waals surface area contributed by atoms with E-state index in [1.54, 1.807) is 13.0 Å². The average molecular weight is 372 g/mol. The van der Waals surface area contributed by atoms with Crippen LogP contribution in [0.1, 0.15) is 40.9 Å². The molecule has 0 saturated heterocycles. The Balaban J connectivity index is 1.98. The Labute approximate surface area is 159 Å². The Kier molecular flexibility index (Phi) is 7.27. The standard InChI is InChI=1S/C21H25NO3S/c1-5-25-20-9-8-17(16(4)23)11-18(20)12-26-13-21(24)22-19-10-14(2)6-7-15(19)3/h6-11H,5,12-13H2,1-4H3,(H,22,24). The van der Waals surface area contributed by atoms with Crippen LogP contribution in [0.2, 0.25) is 0 Å². The van der Waals surface area contributed by atoms with Crippen LogP contribution in [0.4, 0.5) is 5.69 Å². The number of thioether (sulfide) groups is 1.